The van der Waals surface area contributed by atoms with E-state index in [-0.39, 0.29) is 17.4 Å². The van der Waals surface area contributed by atoms with Crippen LogP contribution in [0.2, 0.25) is 0 Å². The van der Waals surface area contributed by atoms with Gasteiger partial charge in [-0.1, -0.05) is 72.4 Å². The predicted molar refractivity (Wildman–Crippen MR) is 127 cm³/mol. The number of hydrogen-bond donors (Lipinski definition) is 2. The van der Waals surface area contributed by atoms with Gasteiger partial charge in [-0.15, -0.1) is 10.2 Å². The predicted octanol–water partition coefficient (Wildman–Crippen LogP) is 4.48. The molecule has 1 heterocycles. The Morgan fingerprint density at radius 3 is 2.31 bits per heavy atom. The summed E-state index contributed by atoms with van der Waals surface area (Å²) in [6.07, 6.45) is 1.68. The zero-order chi connectivity index (χ0) is 22.2. The van der Waals surface area contributed by atoms with E-state index in [2.05, 4.69) is 15.5 Å². The number of aromatic nitrogens is 3. The van der Waals surface area contributed by atoms with Gasteiger partial charge >= 0.3 is 0 Å². The Hall–Kier alpha value is -3.58. The first kappa shape index (κ1) is 21.6. The first-order valence-electron chi connectivity index (χ1n) is 10.4. The van der Waals surface area contributed by atoms with E-state index < -0.39 is 0 Å². The van der Waals surface area contributed by atoms with Gasteiger partial charge in [0.05, 0.1) is 5.75 Å². The molecule has 0 fully saturated rings. The van der Waals surface area contributed by atoms with E-state index >= 15 is 0 Å². The summed E-state index contributed by atoms with van der Waals surface area (Å²) >= 11 is 1.37. The Morgan fingerprint density at radius 1 is 0.906 bits per heavy atom. The Balaban J connectivity index is 1.37. The molecule has 0 atom stereocenters. The maximum absolute atomic E-state index is 12.4. The van der Waals surface area contributed by atoms with Gasteiger partial charge in [-0.3, -0.25) is 9.36 Å². The molecule has 1 amide bonds. The Kier molecular flexibility index (Phi) is 7.19. The molecular formula is C25H24N4O2S. The minimum absolute atomic E-state index is 0.0374. The Morgan fingerprint density at radius 2 is 1.59 bits per heavy atom. The highest BCUT2D eigenvalue weighted by molar-refractivity contribution is 7.99. The molecule has 0 saturated heterocycles. The third-order valence-corrected chi connectivity index (χ3v) is 5.84. The molecule has 0 spiro atoms. The summed E-state index contributed by atoms with van der Waals surface area (Å²) in [4.78, 5) is 12.4. The molecule has 0 radical (unpaired) electrons. The fourth-order valence-electron chi connectivity index (χ4n) is 3.31. The molecule has 3 aromatic carbocycles. The number of rotatable bonds is 9. The van der Waals surface area contributed by atoms with Gasteiger partial charge in [0.2, 0.25) is 5.91 Å². The molecule has 0 aliphatic heterocycles. The van der Waals surface area contributed by atoms with E-state index in [1.54, 1.807) is 12.1 Å². The topological polar surface area (TPSA) is 80.0 Å². The molecule has 2 N–H and O–H groups in total. The van der Waals surface area contributed by atoms with Crippen LogP contribution >= 0.6 is 11.8 Å². The van der Waals surface area contributed by atoms with Crippen molar-refractivity contribution in [1.29, 1.82) is 0 Å². The molecule has 4 rings (SSSR count). The number of carbonyl (C=O) groups excluding carboxylic acids is 1. The largest absolute Gasteiger partial charge is 0.508 e. The average molecular weight is 445 g/mol. The van der Waals surface area contributed by atoms with Gasteiger partial charge in [-0.2, -0.15) is 0 Å². The Labute approximate surface area is 191 Å². The van der Waals surface area contributed by atoms with Gasteiger partial charge in [0, 0.05) is 17.8 Å². The summed E-state index contributed by atoms with van der Waals surface area (Å²) in [5.74, 6) is 1.23. The van der Waals surface area contributed by atoms with Gasteiger partial charge < -0.3 is 10.4 Å². The number of amides is 1. The number of phenolic OH excluding ortho intramolecular Hbond substituents is 1. The SMILES string of the molecule is O=C(CSc1nnc(-c2ccccc2)n1-c1ccccc1)NCCCc1ccc(O)cc1. The summed E-state index contributed by atoms with van der Waals surface area (Å²) in [6.45, 7) is 0.598. The number of benzene rings is 3. The number of aryl methyl sites for hydroxylation is 1. The molecule has 0 unspecified atom stereocenters. The van der Waals surface area contributed by atoms with Crippen LogP contribution in [0.5, 0.6) is 5.75 Å². The molecule has 162 valence electrons. The van der Waals surface area contributed by atoms with Crippen LogP contribution in [-0.4, -0.2) is 38.1 Å². The number of nitrogens with one attached hydrogen (secondary N) is 1. The van der Waals surface area contributed by atoms with Crippen molar-refractivity contribution >= 4 is 17.7 Å². The van der Waals surface area contributed by atoms with Crippen LogP contribution in [0.3, 0.4) is 0 Å². The maximum atomic E-state index is 12.4. The van der Waals surface area contributed by atoms with E-state index in [0.717, 1.165) is 35.5 Å². The van der Waals surface area contributed by atoms with Crippen LogP contribution in [0.4, 0.5) is 0 Å². The van der Waals surface area contributed by atoms with Crippen LogP contribution < -0.4 is 5.32 Å². The van der Waals surface area contributed by atoms with E-state index in [4.69, 9.17) is 0 Å². The summed E-state index contributed by atoms with van der Waals surface area (Å²) in [6, 6.07) is 27.0. The standard InChI is InChI=1S/C25H24N4O2S/c30-22-15-13-19(14-16-22)8-7-17-26-23(31)18-32-25-28-27-24(20-9-3-1-4-10-20)29(25)21-11-5-2-6-12-21/h1-6,9-16,30H,7-8,17-18H2,(H,26,31). The zero-order valence-corrected chi connectivity index (χ0v) is 18.3. The van der Waals surface area contributed by atoms with Crippen LogP contribution in [-0.2, 0) is 11.2 Å². The molecule has 4 aromatic rings. The number of phenols is 1. The number of nitrogens with zero attached hydrogens (tertiary/aromatic N) is 3. The molecule has 0 saturated carbocycles. The quantitative estimate of drug-likeness (QED) is 0.294. The first-order valence-corrected chi connectivity index (χ1v) is 11.4. The van der Waals surface area contributed by atoms with Crippen molar-refractivity contribution in [3.05, 3.63) is 90.5 Å². The van der Waals surface area contributed by atoms with Crippen molar-refractivity contribution in [3.63, 3.8) is 0 Å². The van der Waals surface area contributed by atoms with Crippen molar-refractivity contribution in [2.24, 2.45) is 0 Å². The lowest BCUT2D eigenvalue weighted by Gasteiger charge is -2.10. The first-order chi connectivity index (χ1) is 15.7. The molecule has 6 nitrogen and oxygen atoms in total. The van der Waals surface area contributed by atoms with Gasteiger partial charge in [-0.25, -0.2) is 0 Å². The van der Waals surface area contributed by atoms with Crippen LogP contribution in [0.1, 0.15) is 12.0 Å². The third-order valence-electron chi connectivity index (χ3n) is 4.91. The number of aromatic hydroxyl groups is 1. The van der Waals surface area contributed by atoms with Crippen LogP contribution in [0.25, 0.3) is 17.1 Å². The Bertz CT molecular complexity index is 1150. The van der Waals surface area contributed by atoms with Crippen molar-refractivity contribution in [2.75, 3.05) is 12.3 Å². The lowest BCUT2D eigenvalue weighted by atomic mass is 10.1. The summed E-state index contributed by atoms with van der Waals surface area (Å²) < 4.78 is 1.98. The van der Waals surface area contributed by atoms with Crippen molar-refractivity contribution in [3.8, 4) is 22.8 Å². The molecular weight excluding hydrogens is 420 g/mol. The number of carbonyl (C=O) groups is 1. The zero-order valence-electron chi connectivity index (χ0n) is 17.5. The summed E-state index contributed by atoms with van der Waals surface area (Å²) in [5.41, 5.74) is 3.05. The van der Waals surface area contributed by atoms with Gasteiger partial charge in [0.1, 0.15) is 5.75 Å². The number of para-hydroxylation sites is 1. The summed E-state index contributed by atoms with van der Waals surface area (Å²) in [5, 5.41) is 21.7. The highest BCUT2D eigenvalue weighted by atomic mass is 32.2. The molecule has 0 aliphatic carbocycles. The second-order valence-electron chi connectivity index (χ2n) is 7.25. The van der Waals surface area contributed by atoms with Crippen molar-refractivity contribution in [2.45, 2.75) is 18.0 Å². The smallest absolute Gasteiger partial charge is 0.230 e. The minimum atomic E-state index is -0.0374. The normalized spacial score (nSPS) is 10.8. The van der Waals surface area contributed by atoms with Gasteiger partial charge in [0.25, 0.3) is 0 Å². The second-order valence-corrected chi connectivity index (χ2v) is 8.19. The van der Waals surface area contributed by atoms with E-state index in [0.29, 0.717) is 11.7 Å². The van der Waals surface area contributed by atoms with E-state index in [1.807, 2.05) is 77.4 Å². The molecule has 32 heavy (non-hydrogen) atoms. The number of hydrogen-bond acceptors (Lipinski definition) is 5. The van der Waals surface area contributed by atoms with Crippen LogP contribution in [0.15, 0.2) is 90.1 Å². The van der Waals surface area contributed by atoms with Crippen molar-refractivity contribution < 1.29 is 9.90 Å². The fourth-order valence-corrected chi connectivity index (χ4v) is 4.09. The van der Waals surface area contributed by atoms with Gasteiger partial charge in [0.15, 0.2) is 11.0 Å². The highest BCUT2D eigenvalue weighted by Gasteiger charge is 2.17. The highest BCUT2D eigenvalue weighted by Crippen LogP contribution is 2.27. The monoisotopic (exact) mass is 444 g/mol. The van der Waals surface area contributed by atoms with Crippen LogP contribution in [0, 0.1) is 0 Å². The fraction of sp³-hybridized carbons (Fsp3) is 0.160. The lowest BCUT2D eigenvalue weighted by Crippen LogP contribution is -2.26. The molecule has 7 heteroatoms. The summed E-state index contributed by atoms with van der Waals surface area (Å²) in [7, 11) is 0. The van der Waals surface area contributed by atoms with E-state index in [9.17, 15) is 9.90 Å². The maximum Gasteiger partial charge on any atom is 0.230 e. The average Bonchev–Trinajstić information content (AvgIpc) is 3.27. The third kappa shape index (κ3) is 5.56. The minimum Gasteiger partial charge on any atom is -0.508 e. The molecule has 0 bridgehead atoms. The van der Waals surface area contributed by atoms with Gasteiger partial charge in [-0.05, 0) is 42.7 Å². The number of thioether (sulfide) groups is 1. The molecule has 1 aromatic heterocycles. The second kappa shape index (κ2) is 10.6. The van der Waals surface area contributed by atoms with Crippen molar-refractivity contribution in [1.82, 2.24) is 20.1 Å². The van der Waals surface area contributed by atoms with E-state index in [1.165, 1.54) is 11.8 Å². The molecule has 0 aliphatic rings. The lowest BCUT2D eigenvalue weighted by molar-refractivity contribution is -0.118.